The fraction of sp³-hybridized carbons (Fsp3) is 0.111. The number of thioether (sulfide) groups is 1. The Bertz CT molecular complexity index is 821. The Labute approximate surface area is 155 Å². The monoisotopic (exact) mass is 374 g/mol. The van der Waals surface area contributed by atoms with Crippen LogP contribution < -0.4 is 5.32 Å². The highest BCUT2D eigenvalue weighted by Crippen LogP contribution is 2.32. The lowest BCUT2D eigenvalue weighted by Crippen LogP contribution is -2.33. The predicted octanol–water partition coefficient (Wildman–Crippen LogP) is 4.92. The quantitative estimate of drug-likeness (QED) is 0.608. The average Bonchev–Trinajstić information content (AvgIpc) is 2.83. The van der Waals surface area contributed by atoms with Crippen molar-refractivity contribution >= 4 is 57.6 Å². The molecule has 1 amide bonds. The molecule has 1 heterocycles. The number of hydrogen-bond acceptors (Lipinski definition) is 4. The van der Waals surface area contributed by atoms with Gasteiger partial charge in [-0.15, -0.1) is 0 Å². The number of halogens is 1. The van der Waals surface area contributed by atoms with E-state index in [1.54, 1.807) is 4.90 Å². The largest absolute Gasteiger partial charge is 0.367 e. The fourth-order valence-electron chi connectivity index (χ4n) is 2.21. The first-order valence-electron chi connectivity index (χ1n) is 7.35. The normalized spacial score (nSPS) is 16.1. The summed E-state index contributed by atoms with van der Waals surface area (Å²) in [5, 5.41) is 3.88. The molecule has 0 unspecified atom stereocenters. The summed E-state index contributed by atoms with van der Waals surface area (Å²) in [4.78, 5) is 14.7. The van der Waals surface area contributed by atoms with Gasteiger partial charge in [-0.05, 0) is 36.3 Å². The van der Waals surface area contributed by atoms with Crippen molar-refractivity contribution in [3.8, 4) is 0 Å². The molecule has 1 saturated heterocycles. The molecule has 1 fully saturated rings. The van der Waals surface area contributed by atoms with Crippen LogP contribution in [-0.2, 0) is 4.79 Å². The molecular formula is C18H15ClN2OS2. The van der Waals surface area contributed by atoms with E-state index in [0.717, 1.165) is 16.8 Å². The highest BCUT2D eigenvalue weighted by Gasteiger charge is 2.31. The third-order valence-electron chi connectivity index (χ3n) is 3.58. The highest BCUT2D eigenvalue weighted by atomic mass is 35.5. The summed E-state index contributed by atoms with van der Waals surface area (Å²) in [5.41, 5.74) is 2.85. The molecule has 1 N–H and O–H groups in total. The Morgan fingerprint density at radius 3 is 2.71 bits per heavy atom. The van der Waals surface area contributed by atoms with Crippen molar-refractivity contribution in [3.63, 3.8) is 0 Å². The van der Waals surface area contributed by atoms with E-state index in [1.807, 2.05) is 61.5 Å². The van der Waals surface area contributed by atoms with Gasteiger partial charge in [0.05, 0.1) is 11.6 Å². The average molecular weight is 375 g/mol. The number of hydrogen-bond donors (Lipinski definition) is 1. The second-order valence-corrected chi connectivity index (χ2v) is 7.40. The van der Waals surface area contributed by atoms with Crippen LogP contribution in [0, 0.1) is 6.92 Å². The number of aryl methyl sites for hydroxylation is 1. The minimum absolute atomic E-state index is 0.0837. The smallest absolute Gasteiger partial charge is 0.267 e. The standard InChI is InChI=1S/C18H15ClN2OS2/c1-12-7-8-14(10-15(12)19)20-11-21-17(22)16(24-18(21)23)9-13-5-3-2-4-6-13/h2-10,20H,11H2,1H3. The summed E-state index contributed by atoms with van der Waals surface area (Å²) in [6, 6.07) is 15.4. The number of benzene rings is 2. The molecule has 0 spiro atoms. The van der Waals surface area contributed by atoms with Crippen LogP contribution in [0.4, 0.5) is 5.69 Å². The number of rotatable bonds is 4. The molecule has 0 saturated carbocycles. The van der Waals surface area contributed by atoms with Gasteiger partial charge in [0.25, 0.3) is 5.91 Å². The van der Waals surface area contributed by atoms with Gasteiger partial charge in [-0.3, -0.25) is 9.69 Å². The summed E-state index contributed by atoms with van der Waals surface area (Å²) in [6.07, 6.45) is 1.86. The first-order chi connectivity index (χ1) is 11.5. The lowest BCUT2D eigenvalue weighted by Gasteiger charge is -2.16. The Hall–Kier alpha value is -1.82. The molecule has 24 heavy (non-hydrogen) atoms. The van der Waals surface area contributed by atoms with Crippen molar-refractivity contribution in [2.75, 3.05) is 12.0 Å². The maximum Gasteiger partial charge on any atom is 0.267 e. The Morgan fingerprint density at radius 2 is 2.00 bits per heavy atom. The van der Waals surface area contributed by atoms with Gasteiger partial charge in [-0.2, -0.15) is 0 Å². The van der Waals surface area contributed by atoms with Gasteiger partial charge in [0, 0.05) is 10.7 Å². The molecule has 1 aliphatic heterocycles. The highest BCUT2D eigenvalue weighted by molar-refractivity contribution is 8.26. The topological polar surface area (TPSA) is 32.3 Å². The van der Waals surface area contributed by atoms with E-state index in [4.69, 9.17) is 23.8 Å². The van der Waals surface area contributed by atoms with Gasteiger partial charge in [-0.1, -0.05) is 72.0 Å². The number of anilines is 1. The van der Waals surface area contributed by atoms with Crippen molar-refractivity contribution in [2.45, 2.75) is 6.92 Å². The maximum absolute atomic E-state index is 12.5. The third kappa shape index (κ3) is 3.80. The molecule has 6 heteroatoms. The van der Waals surface area contributed by atoms with Crippen molar-refractivity contribution < 1.29 is 4.79 Å². The van der Waals surface area contributed by atoms with Crippen molar-refractivity contribution in [2.24, 2.45) is 0 Å². The van der Waals surface area contributed by atoms with Crippen LogP contribution in [0.3, 0.4) is 0 Å². The zero-order valence-electron chi connectivity index (χ0n) is 13.0. The Balaban J connectivity index is 1.70. The van der Waals surface area contributed by atoms with E-state index < -0.39 is 0 Å². The second kappa shape index (κ2) is 7.38. The summed E-state index contributed by atoms with van der Waals surface area (Å²) in [5.74, 6) is -0.0837. The van der Waals surface area contributed by atoms with E-state index in [0.29, 0.717) is 20.9 Å². The van der Waals surface area contributed by atoms with E-state index in [9.17, 15) is 4.79 Å². The molecule has 0 radical (unpaired) electrons. The Kier molecular flexibility index (Phi) is 5.23. The molecule has 2 aromatic rings. The molecule has 0 aliphatic carbocycles. The van der Waals surface area contributed by atoms with Gasteiger partial charge < -0.3 is 5.32 Å². The molecule has 0 atom stereocenters. The molecule has 3 rings (SSSR count). The van der Waals surface area contributed by atoms with Gasteiger partial charge >= 0.3 is 0 Å². The van der Waals surface area contributed by atoms with E-state index >= 15 is 0 Å². The Morgan fingerprint density at radius 1 is 1.25 bits per heavy atom. The maximum atomic E-state index is 12.5. The van der Waals surface area contributed by atoms with Crippen LogP contribution in [0.25, 0.3) is 6.08 Å². The molecule has 1 aliphatic rings. The first-order valence-corrected chi connectivity index (χ1v) is 8.95. The molecule has 2 aromatic carbocycles. The number of carbonyl (C=O) groups excluding carboxylic acids is 1. The third-order valence-corrected chi connectivity index (χ3v) is 5.37. The van der Waals surface area contributed by atoms with E-state index in [1.165, 1.54) is 11.8 Å². The fourth-order valence-corrected chi connectivity index (χ4v) is 3.65. The van der Waals surface area contributed by atoms with Gasteiger partial charge in [0.1, 0.15) is 4.32 Å². The summed E-state index contributed by atoms with van der Waals surface area (Å²) >= 11 is 12.8. The summed E-state index contributed by atoms with van der Waals surface area (Å²) < 4.78 is 0.549. The molecular weight excluding hydrogens is 360 g/mol. The SMILES string of the molecule is Cc1ccc(NCN2C(=O)C(=Cc3ccccc3)SC2=S)cc1Cl. The van der Waals surface area contributed by atoms with Crippen LogP contribution in [-0.4, -0.2) is 21.8 Å². The number of thiocarbonyl (C=S) groups is 1. The molecule has 0 bridgehead atoms. The van der Waals surface area contributed by atoms with Crippen LogP contribution in [0.5, 0.6) is 0 Å². The lowest BCUT2D eigenvalue weighted by molar-refractivity contribution is -0.121. The van der Waals surface area contributed by atoms with Crippen LogP contribution in [0.1, 0.15) is 11.1 Å². The second-order valence-electron chi connectivity index (χ2n) is 5.32. The van der Waals surface area contributed by atoms with Crippen LogP contribution in [0.2, 0.25) is 5.02 Å². The number of carbonyl (C=O) groups is 1. The van der Waals surface area contributed by atoms with Crippen LogP contribution >= 0.6 is 35.6 Å². The first kappa shape index (κ1) is 17.0. The van der Waals surface area contributed by atoms with Crippen molar-refractivity contribution in [1.29, 1.82) is 0 Å². The predicted molar refractivity (Wildman–Crippen MR) is 106 cm³/mol. The zero-order chi connectivity index (χ0) is 17.1. The minimum atomic E-state index is -0.0837. The van der Waals surface area contributed by atoms with Crippen molar-refractivity contribution in [3.05, 3.63) is 69.6 Å². The van der Waals surface area contributed by atoms with Gasteiger partial charge in [-0.25, -0.2) is 0 Å². The van der Waals surface area contributed by atoms with Gasteiger partial charge in [0.2, 0.25) is 0 Å². The van der Waals surface area contributed by atoms with Gasteiger partial charge in [0.15, 0.2) is 0 Å². The molecule has 0 aromatic heterocycles. The lowest BCUT2D eigenvalue weighted by atomic mass is 10.2. The van der Waals surface area contributed by atoms with Crippen molar-refractivity contribution in [1.82, 2.24) is 4.90 Å². The number of nitrogens with zero attached hydrogens (tertiary/aromatic N) is 1. The molecule has 122 valence electrons. The summed E-state index contributed by atoms with van der Waals surface area (Å²) in [7, 11) is 0. The number of amides is 1. The zero-order valence-corrected chi connectivity index (χ0v) is 15.3. The minimum Gasteiger partial charge on any atom is -0.367 e. The van der Waals surface area contributed by atoms with Crippen LogP contribution in [0.15, 0.2) is 53.4 Å². The molecule has 3 nitrogen and oxygen atoms in total. The van der Waals surface area contributed by atoms with E-state index in [-0.39, 0.29) is 5.91 Å². The van der Waals surface area contributed by atoms with E-state index in [2.05, 4.69) is 5.32 Å². The summed E-state index contributed by atoms with van der Waals surface area (Å²) in [6.45, 7) is 2.26. The number of nitrogens with one attached hydrogen (secondary N) is 1.